The molecule has 0 aliphatic rings. The molecule has 4 heteroatoms. The first-order chi connectivity index (χ1) is 11.5. The van der Waals surface area contributed by atoms with Crippen LogP contribution >= 0.6 is 11.8 Å². The minimum Gasteiger partial charge on any atom is -0.496 e. The minimum atomic E-state index is -0.0736. The van der Waals surface area contributed by atoms with Crippen LogP contribution in [0.3, 0.4) is 0 Å². The second kappa shape index (κ2) is 8.78. The maximum atomic E-state index is 12.2. The van der Waals surface area contributed by atoms with Crippen molar-refractivity contribution in [3.8, 4) is 5.75 Å². The van der Waals surface area contributed by atoms with E-state index in [4.69, 9.17) is 4.74 Å². The lowest BCUT2D eigenvalue weighted by atomic mass is 10.1. The fourth-order valence-electron chi connectivity index (χ4n) is 2.80. The van der Waals surface area contributed by atoms with Crippen molar-refractivity contribution in [2.75, 3.05) is 12.9 Å². The van der Waals surface area contributed by atoms with Gasteiger partial charge in [-0.1, -0.05) is 47.5 Å². The van der Waals surface area contributed by atoms with Gasteiger partial charge >= 0.3 is 0 Å². The van der Waals surface area contributed by atoms with Crippen LogP contribution in [0.2, 0.25) is 0 Å². The van der Waals surface area contributed by atoms with Crippen molar-refractivity contribution in [3.05, 3.63) is 64.7 Å². The SMILES string of the molecule is COc1ccccc1[C@H](C)NC(=O)CSCc1cc(C)cc(C)c1. The van der Waals surface area contributed by atoms with E-state index in [1.807, 2.05) is 31.2 Å². The van der Waals surface area contributed by atoms with Crippen molar-refractivity contribution in [2.24, 2.45) is 0 Å². The molecule has 2 aromatic rings. The molecule has 0 aliphatic heterocycles. The third kappa shape index (κ3) is 5.31. The highest BCUT2D eigenvalue weighted by molar-refractivity contribution is 7.99. The third-order valence-electron chi connectivity index (χ3n) is 3.77. The Balaban J connectivity index is 1.84. The first-order valence-electron chi connectivity index (χ1n) is 8.07. The molecule has 3 nitrogen and oxygen atoms in total. The highest BCUT2D eigenvalue weighted by atomic mass is 32.2. The number of aryl methyl sites for hydroxylation is 2. The van der Waals surface area contributed by atoms with Gasteiger partial charge in [0.15, 0.2) is 0 Å². The molecule has 128 valence electrons. The summed E-state index contributed by atoms with van der Waals surface area (Å²) in [7, 11) is 1.65. The first kappa shape index (κ1) is 18.4. The van der Waals surface area contributed by atoms with Gasteiger partial charge in [-0.15, -0.1) is 11.8 Å². The van der Waals surface area contributed by atoms with Crippen LogP contribution in [0.4, 0.5) is 0 Å². The van der Waals surface area contributed by atoms with Crippen LogP contribution in [-0.2, 0) is 10.5 Å². The Labute approximate surface area is 148 Å². The van der Waals surface area contributed by atoms with E-state index in [0.29, 0.717) is 5.75 Å². The molecule has 0 bridgehead atoms. The smallest absolute Gasteiger partial charge is 0.230 e. The number of methoxy groups -OCH3 is 1. The number of rotatable bonds is 7. The molecular formula is C20H25NO2S. The molecule has 0 unspecified atom stereocenters. The summed E-state index contributed by atoms with van der Waals surface area (Å²) in [6.45, 7) is 6.18. The molecule has 0 radical (unpaired) electrons. The highest BCUT2D eigenvalue weighted by Crippen LogP contribution is 2.24. The van der Waals surface area contributed by atoms with Gasteiger partial charge in [-0.2, -0.15) is 0 Å². The summed E-state index contributed by atoms with van der Waals surface area (Å²) >= 11 is 1.64. The Morgan fingerprint density at radius 1 is 1.17 bits per heavy atom. The lowest BCUT2D eigenvalue weighted by Gasteiger charge is -2.17. The number of thioether (sulfide) groups is 1. The van der Waals surface area contributed by atoms with Crippen LogP contribution in [-0.4, -0.2) is 18.8 Å². The maximum absolute atomic E-state index is 12.2. The van der Waals surface area contributed by atoms with Gasteiger partial charge < -0.3 is 10.1 Å². The number of ether oxygens (including phenoxy) is 1. The molecule has 2 aromatic carbocycles. The number of hydrogen-bond donors (Lipinski definition) is 1. The molecule has 1 atom stereocenters. The Kier molecular flexibility index (Phi) is 6.73. The quantitative estimate of drug-likeness (QED) is 0.808. The number of amides is 1. The Hall–Kier alpha value is -1.94. The third-order valence-corrected chi connectivity index (χ3v) is 4.77. The lowest BCUT2D eigenvalue weighted by molar-refractivity contribution is -0.119. The number of benzene rings is 2. The van der Waals surface area contributed by atoms with E-state index in [0.717, 1.165) is 17.1 Å². The van der Waals surface area contributed by atoms with E-state index in [1.54, 1.807) is 18.9 Å². The van der Waals surface area contributed by atoms with Gasteiger partial charge in [0.25, 0.3) is 0 Å². The van der Waals surface area contributed by atoms with Gasteiger partial charge in [0, 0.05) is 11.3 Å². The van der Waals surface area contributed by atoms with Gasteiger partial charge in [0.05, 0.1) is 18.9 Å². The number of carbonyl (C=O) groups excluding carboxylic acids is 1. The molecule has 0 aromatic heterocycles. The van der Waals surface area contributed by atoms with E-state index in [1.165, 1.54) is 16.7 Å². The molecule has 0 aliphatic carbocycles. The molecule has 0 heterocycles. The summed E-state index contributed by atoms with van der Waals surface area (Å²) in [5.74, 6) is 2.14. The largest absolute Gasteiger partial charge is 0.496 e. The summed E-state index contributed by atoms with van der Waals surface area (Å²) in [5, 5.41) is 3.04. The van der Waals surface area contributed by atoms with Crippen LogP contribution in [0.1, 0.15) is 35.2 Å². The van der Waals surface area contributed by atoms with Crippen molar-refractivity contribution in [1.82, 2.24) is 5.32 Å². The summed E-state index contributed by atoms with van der Waals surface area (Å²) in [6.07, 6.45) is 0. The molecule has 2 rings (SSSR count). The molecule has 0 saturated carbocycles. The van der Waals surface area contributed by atoms with Gasteiger partial charge in [-0.05, 0) is 32.4 Å². The van der Waals surface area contributed by atoms with E-state index in [-0.39, 0.29) is 11.9 Å². The van der Waals surface area contributed by atoms with Crippen LogP contribution < -0.4 is 10.1 Å². The van der Waals surface area contributed by atoms with Crippen molar-refractivity contribution in [1.29, 1.82) is 0 Å². The van der Waals surface area contributed by atoms with Gasteiger partial charge in [0.1, 0.15) is 5.75 Å². The molecule has 0 spiro atoms. The zero-order valence-corrected chi connectivity index (χ0v) is 15.6. The number of hydrogen-bond acceptors (Lipinski definition) is 3. The van der Waals surface area contributed by atoms with E-state index < -0.39 is 0 Å². The van der Waals surface area contributed by atoms with Crippen molar-refractivity contribution >= 4 is 17.7 Å². The lowest BCUT2D eigenvalue weighted by Crippen LogP contribution is -2.28. The topological polar surface area (TPSA) is 38.3 Å². The van der Waals surface area contributed by atoms with Crippen molar-refractivity contribution in [2.45, 2.75) is 32.6 Å². The minimum absolute atomic E-state index is 0.0442. The average Bonchev–Trinajstić information content (AvgIpc) is 2.53. The zero-order valence-electron chi connectivity index (χ0n) is 14.8. The second-order valence-corrected chi connectivity index (χ2v) is 7.01. The molecule has 24 heavy (non-hydrogen) atoms. The highest BCUT2D eigenvalue weighted by Gasteiger charge is 2.13. The number of para-hydroxylation sites is 1. The van der Waals surface area contributed by atoms with Gasteiger partial charge in [-0.3, -0.25) is 4.79 Å². The van der Waals surface area contributed by atoms with Crippen molar-refractivity contribution < 1.29 is 9.53 Å². The van der Waals surface area contributed by atoms with Gasteiger partial charge in [-0.25, -0.2) is 0 Å². The predicted molar refractivity (Wildman–Crippen MR) is 102 cm³/mol. The second-order valence-electron chi connectivity index (χ2n) is 6.02. The van der Waals surface area contributed by atoms with Crippen LogP contribution in [0.25, 0.3) is 0 Å². The molecular weight excluding hydrogens is 318 g/mol. The normalized spacial score (nSPS) is 11.8. The maximum Gasteiger partial charge on any atom is 0.230 e. The Morgan fingerprint density at radius 2 is 1.83 bits per heavy atom. The van der Waals surface area contributed by atoms with Crippen LogP contribution in [0.15, 0.2) is 42.5 Å². The molecule has 1 N–H and O–H groups in total. The standard InChI is InChI=1S/C20H25NO2S/c1-14-9-15(2)11-17(10-14)12-24-13-20(22)21-16(3)18-7-5-6-8-19(18)23-4/h5-11,16H,12-13H2,1-4H3,(H,21,22)/t16-/m0/s1. The fraction of sp³-hybridized carbons (Fsp3) is 0.350. The zero-order chi connectivity index (χ0) is 17.5. The number of nitrogens with one attached hydrogen (secondary N) is 1. The van der Waals surface area contributed by atoms with Gasteiger partial charge in [0.2, 0.25) is 5.91 Å². The summed E-state index contributed by atoms with van der Waals surface area (Å²) in [4.78, 5) is 12.2. The molecule has 0 fully saturated rings. The molecule has 1 amide bonds. The average molecular weight is 343 g/mol. The van der Waals surface area contributed by atoms with Crippen LogP contribution in [0.5, 0.6) is 5.75 Å². The van der Waals surface area contributed by atoms with E-state index in [9.17, 15) is 4.79 Å². The monoisotopic (exact) mass is 343 g/mol. The number of carbonyl (C=O) groups is 1. The van der Waals surface area contributed by atoms with E-state index >= 15 is 0 Å². The molecule has 0 saturated heterocycles. The predicted octanol–water partition coefficient (Wildman–Crippen LogP) is 4.42. The first-order valence-corrected chi connectivity index (χ1v) is 9.22. The Bertz CT molecular complexity index is 680. The summed E-state index contributed by atoms with van der Waals surface area (Å²) in [5.41, 5.74) is 4.79. The van der Waals surface area contributed by atoms with E-state index in [2.05, 4.69) is 37.4 Å². The summed E-state index contributed by atoms with van der Waals surface area (Å²) in [6, 6.07) is 14.2. The van der Waals surface area contributed by atoms with Crippen LogP contribution in [0, 0.1) is 13.8 Å². The fourth-order valence-corrected chi connectivity index (χ4v) is 3.57. The Morgan fingerprint density at radius 3 is 2.50 bits per heavy atom. The van der Waals surface area contributed by atoms with Crippen molar-refractivity contribution in [3.63, 3.8) is 0 Å². The summed E-state index contributed by atoms with van der Waals surface area (Å²) < 4.78 is 5.35.